The van der Waals surface area contributed by atoms with Crippen LogP contribution in [0.15, 0.2) is 60.7 Å². The normalized spacial score (nSPS) is 11.2. The quantitative estimate of drug-likeness (QED) is 0.663. The van der Waals surface area contributed by atoms with Crippen LogP contribution in [-0.2, 0) is 4.57 Å². The summed E-state index contributed by atoms with van der Waals surface area (Å²) in [5.74, 6) is 0. The molecule has 0 aliphatic rings. The first-order chi connectivity index (χ1) is 8.63. The molecule has 2 aromatic carbocycles. The molecule has 2 nitrogen and oxygen atoms in total. The summed E-state index contributed by atoms with van der Waals surface area (Å²) in [5.41, 5.74) is 0.450. The van der Waals surface area contributed by atoms with Crippen LogP contribution in [0, 0.1) is 5.41 Å². The van der Waals surface area contributed by atoms with Crippen LogP contribution in [-0.4, -0.2) is 11.9 Å². The molecule has 18 heavy (non-hydrogen) atoms. The van der Waals surface area contributed by atoms with Gasteiger partial charge in [0.1, 0.15) is 7.14 Å². The maximum atomic E-state index is 13.3. The van der Waals surface area contributed by atoms with E-state index in [-0.39, 0.29) is 0 Å². The van der Waals surface area contributed by atoms with Crippen LogP contribution in [0.1, 0.15) is 6.92 Å². The zero-order valence-corrected chi connectivity index (χ0v) is 11.2. The Morgan fingerprint density at radius 1 is 0.944 bits per heavy atom. The average Bonchev–Trinajstić information content (AvgIpc) is 2.40. The molecule has 2 rings (SSSR count). The van der Waals surface area contributed by atoms with Crippen LogP contribution in [0.3, 0.4) is 0 Å². The van der Waals surface area contributed by atoms with Crippen molar-refractivity contribution < 1.29 is 4.57 Å². The molecule has 0 bridgehead atoms. The van der Waals surface area contributed by atoms with E-state index in [9.17, 15) is 4.57 Å². The molecule has 0 atom stereocenters. The van der Waals surface area contributed by atoms with Gasteiger partial charge in [0, 0.05) is 22.5 Å². The van der Waals surface area contributed by atoms with Crippen molar-refractivity contribution in [1.29, 1.82) is 5.41 Å². The third-order valence-corrected chi connectivity index (χ3v) is 5.99. The predicted molar refractivity (Wildman–Crippen MR) is 78.0 cm³/mol. The molecular weight excluding hydrogens is 241 g/mol. The second-order valence-electron chi connectivity index (χ2n) is 4.35. The fourth-order valence-electron chi connectivity index (χ4n) is 2.00. The molecule has 2 aromatic rings. The number of rotatable bonds is 4. The van der Waals surface area contributed by atoms with Gasteiger partial charge in [-0.05, 0) is 6.92 Å². The lowest BCUT2D eigenvalue weighted by Gasteiger charge is -2.18. The van der Waals surface area contributed by atoms with E-state index in [1.807, 2.05) is 60.7 Å². The van der Waals surface area contributed by atoms with Gasteiger partial charge in [-0.2, -0.15) is 0 Å². The molecule has 0 saturated heterocycles. The summed E-state index contributed by atoms with van der Waals surface area (Å²) >= 11 is 0. The maximum absolute atomic E-state index is 13.3. The summed E-state index contributed by atoms with van der Waals surface area (Å²) in [7, 11) is -2.70. The summed E-state index contributed by atoms with van der Waals surface area (Å²) in [4.78, 5) is 0. The first kappa shape index (κ1) is 12.8. The first-order valence-electron chi connectivity index (χ1n) is 5.87. The number of hydrogen-bond donors (Lipinski definition) is 1. The van der Waals surface area contributed by atoms with E-state index in [4.69, 9.17) is 5.41 Å². The zero-order chi connectivity index (χ0) is 13.0. The molecule has 0 aliphatic carbocycles. The van der Waals surface area contributed by atoms with E-state index < -0.39 is 7.14 Å². The van der Waals surface area contributed by atoms with Crippen LogP contribution < -0.4 is 10.6 Å². The highest BCUT2D eigenvalue weighted by atomic mass is 31.2. The molecular formula is C15H16NOP. The summed E-state index contributed by atoms with van der Waals surface area (Å²) < 4.78 is 13.3. The molecule has 92 valence electrons. The highest BCUT2D eigenvalue weighted by Crippen LogP contribution is 2.42. The lowest BCUT2D eigenvalue weighted by Crippen LogP contribution is -2.21. The monoisotopic (exact) mass is 257 g/mol. The van der Waals surface area contributed by atoms with Crippen LogP contribution in [0.4, 0.5) is 0 Å². The molecule has 1 N–H and O–H groups in total. The molecule has 0 spiro atoms. The van der Waals surface area contributed by atoms with Crippen LogP contribution >= 0.6 is 7.14 Å². The average molecular weight is 257 g/mol. The molecule has 3 heteroatoms. The first-order valence-corrected chi connectivity index (χ1v) is 7.76. The van der Waals surface area contributed by atoms with Gasteiger partial charge in [0.05, 0.1) is 0 Å². The van der Waals surface area contributed by atoms with Gasteiger partial charge in [-0.3, -0.25) is 0 Å². The Morgan fingerprint density at radius 3 is 1.67 bits per heavy atom. The fourth-order valence-corrected chi connectivity index (χ4v) is 4.64. The SMILES string of the molecule is CC(=N)CP(=O)(c1ccccc1)c1ccccc1. The van der Waals surface area contributed by atoms with Gasteiger partial charge in [-0.25, -0.2) is 0 Å². The Bertz CT molecular complexity index is 534. The van der Waals surface area contributed by atoms with E-state index in [0.717, 1.165) is 10.6 Å². The van der Waals surface area contributed by atoms with Crippen molar-refractivity contribution in [2.75, 3.05) is 6.16 Å². The Morgan fingerprint density at radius 2 is 1.33 bits per heavy atom. The molecule has 0 fully saturated rings. The van der Waals surface area contributed by atoms with Gasteiger partial charge in [0.15, 0.2) is 0 Å². The zero-order valence-electron chi connectivity index (χ0n) is 10.3. The van der Waals surface area contributed by atoms with Crippen molar-refractivity contribution >= 4 is 23.5 Å². The third kappa shape index (κ3) is 2.60. The lowest BCUT2D eigenvalue weighted by molar-refractivity contribution is 0.589. The van der Waals surface area contributed by atoms with E-state index in [1.165, 1.54) is 0 Å². The number of benzene rings is 2. The minimum Gasteiger partial charge on any atom is -0.313 e. The minimum atomic E-state index is -2.70. The standard InChI is InChI=1S/C15H16NOP/c1-13(16)12-18(17,14-8-4-2-5-9-14)15-10-6-3-7-11-15/h2-11,16H,12H2,1H3. The highest BCUT2D eigenvalue weighted by molar-refractivity contribution is 7.79. The molecule has 0 radical (unpaired) electrons. The molecule has 0 unspecified atom stereocenters. The molecule has 0 aliphatic heterocycles. The van der Waals surface area contributed by atoms with Crippen LogP contribution in [0.2, 0.25) is 0 Å². The molecule has 0 aromatic heterocycles. The van der Waals surface area contributed by atoms with Crippen molar-refractivity contribution in [3.63, 3.8) is 0 Å². The second-order valence-corrected chi connectivity index (χ2v) is 7.18. The molecule has 0 heterocycles. The Balaban J connectivity index is 2.55. The molecule has 0 saturated carbocycles. The summed E-state index contributed by atoms with van der Waals surface area (Å²) in [6.45, 7) is 1.71. The fraction of sp³-hybridized carbons (Fsp3) is 0.133. The molecule has 0 amide bonds. The van der Waals surface area contributed by atoms with Gasteiger partial charge in [0.25, 0.3) is 0 Å². The van der Waals surface area contributed by atoms with Gasteiger partial charge >= 0.3 is 0 Å². The highest BCUT2D eigenvalue weighted by Gasteiger charge is 2.27. The van der Waals surface area contributed by atoms with E-state index in [0.29, 0.717) is 11.9 Å². The van der Waals surface area contributed by atoms with Crippen molar-refractivity contribution in [3.8, 4) is 0 Å². The lowest BCUT2D eigenvalue weighted by atomic mass is 10.4. The number of hydrogen-bond acceptors (Lipinski definition) is 2. The van der Waals surface area contributed by atoms with Crippen molar-refractivity contribution in [1.82, 2.24) is 0 Å². The van der Waals surface area contributed by atoms with Crippen molar-refractivity contribution in [2.24, 2.45) is 0 Å². The maximum Gasteiger partial charge on any atom is 0.148 e. The summed E-state index contributed by atoms with van der Waals surface area (Å²) in [6, 6.07) is 18.9. The van der Waals surface area contributed by atoms with Crippen molar-refractivity contribution in [3.05, 3.63) is 60.7 Å². The Hall–Kier alpha value is -1.66. The summed E-state index contributed by atoms with van der Waals surface area (Å²) in [6.07, 6.45) is 0.307. The Kier molecular flexibility index (Phi) is 3.78. The third-order valence-electron chi connectivity index (χ3n) is 2.81. The predicted octanol–water partition coefficient (Wildman–Crippen LogP) is 3.04. The van der Waals surface area contributed by atoms with Gasteiger partial charge < -0.3 is 9.97 Å². The van der Waals surface area contributed by atoms with Gasteiger partial charge in [-0.15, -0.1) is 0 Å². The van der Waals surface area contributed by atoms with E-state index >= 15 is 0 Å². The van der Waals surface area contributed by atoms with Gasteiger partial charge in [0.2, 0.25) is 0 Å². The topological polar surface area (TPSA) is 40.9 Å². The second kappa shape index (κ2) is 5.32. The van der Waals surface area contributed by atoms with E-state index in [1.54, 1.807) is 6.92 Å². The smallest absolute Gasteiger partial charge is 0.148 e. The van der Waals surface area contributed by atoms with Crippen LogP contribution in [0.5, 0.6) is 0 Å². The Labute approximate surface area is 108 Å². The largest absolute Gasteiger partial charge is 0.313 e. The van der Waals surface area contributed by atoms with E-state index in [2.05, 4.69) is 0 Å². The number of nitrogens with one attached hydrogen (secondary N) is 1. The van der Waals surface area contributed by atoms with Gasteiger partial charge in [-0.1, -0.05) is 60.7 Å². The van der Waals surface area contributed by atoms with Crippen molar-refractivity contribution in [2.45, 2.75) is 6.92 Å². The minimum absolute atomic E-state index is 0.307. The summed E-state index contributed by atoms with van der Waals surface area (Å²) in [5, 5.41) is 9.32. The van der Waals surface area contributed by atoms with Crippen LogP contribution in [0.25, 0.3) is 0 Å².